The highest BCUT2D eigenvalue weighted by atomic mass is 16.5. The minimum absolute atomic E-state index is 0.276. The fourth-order valence-electron chi connectivity index (χ4n) is 3.55. The Labute approximate surface area is 145 Å². The molecule has 2 aromatic rings. The molecule has 130 valence electrons. The van der Waals surface area contributed by atoms with Gasteiger partial charge in [0, 0.05) is 11.6 Å². The zero-order valence-electron chi connectivity index (χ0n) is 14.6. The van der Waals surface area contributed by atoms with Crippen LogP contribution in [0.5, 0.6) is 11.5 Å². The summed E-state index contributed by atoms with van der Waals surface area (Å²) in [5.74, 6) is 0.810. The van der Waals surface area contributed by atoms with Crippen LogP contribution in [0.1, 0.15) is 50.3 Å². The van der Waals surface area contributed by atoms with Crippen molar-refractivity contribution in [1.82, 2.24) is 0 Å². The highest BCUT2D eigenvalue weighted by Crippen LogP contribution is 2.48. The molecule has 1 aromatic carbocycles. The van der Waals surface area contributed by atoms with Gasteiger partial charge in [0.05, 0.1) is 17.4 Å². The lowest BCUT2D eigenvalue weighted by Crippen LogP contribution is -2.29. The Morgan fingerprint density at radius 1 is 1.16 bits per heavy atom. The topological polar surface area (TPSA) is 65.7 Å². The molecule has 4 rings (SSSR count). The maximum atomic E-state index is 12.1. The van der Waals surface area contributed by atoms with E-state index in [0.717, 1.165) is 34.9 Å². The molecule has 0 spiro atoms. The van der Waals surface area contributed by atoms with E-state index in [4.69, 9.17) is 13.9 Å². The molecule has 0 unspecified atom stereocenters. The van der Waals surface area contributed by atoms with E-state index >= 15 is 0 Å². The fraction of sp³-hybridized carbons (Fsp3) is 0.400. The molecular formula is C20H20O5. The fourth-order valence-corrected chi connectivity index (χ4v) is 3.55. The van der Waals surface area contributed by atoms with Gasteiger partial charge in [0.2, 0.25) is 0 Å². The van der Waals surface area contributed by atoms with Gasteiger partial charge in [-0.1, -0.05) is 13.3 Å². The number of carbonyl (C=O) groups excluding carboxylic acids is 1. The van der Waals surface area contributed by atoms with Crippen molar-refractivity contribution in [2.75, 3.05) is 0 Å². The molecule has 2 aliphatic rings. The smallest absolute Gasteiger partial charge is 0.336 e. The van der Waals surface area contributed by atoms with E-state index in [1.165, 1.54) is 0 Å². The molecule has 25 heavy (non-hydrogen) atoms. The molecule has 0 radical (unpaired) electrons. The molecule has 0 aliphatic carbocycles. The molecule has 0 N–H and O–H groups in total. The van der Waals surface area contributed by atoms with Crippen LogP contribution in [0.2, 0.25) is 0 Å². The third kappa shape index (κ3) is 2.54. The van der Waals surface area contributed by atoms with E-state index < -0.39 is 5.60 Å². The van der Waals surface area contributed by atoms with E-state index in [-0.39, 0.29) is 18.0 Å². The summed E-state index contributed by atoms with van der Waals surface area (Å²) in [6.45, 7) is 5.99. The van der Waals surface area contributed by atoms with Crippen LogP contribution < -0.4 is 15.1 Å². The zero-order chi connectivity index (χ0) is 17.8. The number of rotatable bonds is 2. The summed E-state index contributed by atoms with van der Waals surface area (Å²) in [7, 11) is 0. The number of hydrogen-bond donors (Lipinski definition) is 0. The van der Waals surface area contributed by atoms with Crippen LogP contribution in [-0.4, -0.2) is 11.6 Å². The number of esters is 1. The summed E-state index contributed by atoms with van der Waals surface area (Å²) in [6, 6.07) is 1.54. The Bertz CT molecular complexity index is 978. The van der Waals surface area contributed by atoms with Gasteiger partial charge in [-0.05, 0) is 44.4 Å². The standard InChI is InChI=1S/C20H20O5/c1-4-5-11-10-15(22)24-18-12-6-7-14(21)23-17(12)13-8-9-20(2,3)25-19(13)16(11)18/h8-10H,4-7H2,1-3H3. The molecule has 0 atom stereocenters. The van der Waals surface area contributed by atoms with Crippen molar-refractivity contribution in [2.45, 2.75) is 52.1 Å². The Hall–Kier alpha value is -2.56. The first-order valence-electron chi connectivity index (χ1n) is 8.64. The number of benzene rings is 1. The summed E-state index contributed by atoms with van der Waals surface area (Å²) >= 11 is 0. The van der Waals surface area contributed by atoms with Gasteiger partial charge in [0.25, 0.3) is 0 Å². The van der Waals surface area contributed by atoms with Gasteiger partial charge in [0.1, 0.15) is 22.7 Å². The molecular weight excluding hydrogens is 320 g/mol. The zero-order valence-corrected chi connectivity index (χ0v) is 14.6. The molecule has 0 amide bonds. The van der Waals surface area contributed by atoms with Crippen molar-refractivity contribution >= 4 is 23.0 Å². The van der Waals surface area contributed by atoms with Crippen molar-refractivity contribution in [3.8, 4) is 11.5 Å². The van der Waals surface area contributed by atoms with E-state index in [9.17, 15) is 9.59 Å². The quantitative estimate of drug-likeness (QED) is 0.473. The highest BCUT2D eigenvalue weighted by Gasteiger charge is 2.33. The van der Waals surface area contributed by atoms with Crippen LogP contribution >= 0.6 is 0 Å². The lowest BCUT2D eigenvalue weighted by Gasteiger charge is -2.31. The van der Waals surface area contributed by atoms with Crippen LogP contribution in [0.4, 0.5) is 0 Å². The largest absolute Gasteiger partial charge is 0.482 e. The first kappa shape index (κ1) is 15.9. The second kappa shape index (κ2) is 5.48. The second-order valence-corrected chi connectivity index (χ2v) is 7.11. The van der Waals surface area contributed by atoms with Crippen LogP contribution in [-0.2, 0) is 17.6 Å². The lowest BCUT2D eigenvalue weighted by molar-refractivity contribution is -0.135. The van der Waals surface area contributed by atoms with Gasteiger partial charge in [-0.25, -0.2) is 4.79 Å². The maximum Gasteiger partial charge on any atom is 0.336 e. The maximum absolute atomic E-state index is 12.1. The average molecular weight is 340 g/mol. The number of ether oxygens (including phenoxy) is 2. The predicted molar refractivity (Wildman–Crippen MR) is 94.2 cm³/mol. The second-order valence-electron chi connectivity index (χ2n) is 7.11. The number of carbonyl (C=O) groups is 1. The SMILES string of the molecule is CCCc1cc(=O)oc2c3c(c4c(c12)OC(C)(C)C=C4)OC(=O)CC3. The van der Waals surface area contributed by atoms with Crippen molar-refractivity contribution in [3.05, 3.63) is 39.3 Å². The van der Waals surface area contributed by atoms with E-state index in [1.807, 2.05) is 26.0 Å². The van der Waals surface area contributed by atoms with Gasteiger partial charge in [-0.3, -0.25) is 4.79 Å². The predicted octanol–water partition coefficient (Wildman–Crippen LogP) is 3.78. The van der Waals surface area contributed by atoms with Gasteiger partial charge in [-0.2, -0.15) is 0 Å². The third-order valence-electron chi connectivity index (χ3n) is 4.64. The molecule has 0 fully saturated rings. The summed E-state index contributed by atoms with van der Waals surface area (Å²) in [6.07, 6.45) is 6.31. The normalized spacial score (nSPS) is 17.6. The van der Waals surface area contributed by atoms with Crippen LogP contribution in [0.3, 0.4) is 0 Å². The first-order valence-corrected chi connectivity index (χ1v) is 8.64. The summed E-state index contributed by atoms with van der Waals surface area (Å²) in [5, 5.41) is 0.825. The van der Waals surface area contributed by atoms with E-state index in [1.54, 1.807) is 6.07 Å². The first-order chi connectivity index (χ1) is 11.9. The lowest BCUT2D eigenvalue weighted by atomic mass is 9.91. The van der Waals surface area contributed by atoms with E-state index in [2.05, 4.69) is 6.92 Å². The summed E-state index contributed by atoms with van der Waals surface area (Å²) < 4.78 is 17.3. The summed E-state index contributed by atoms with van der Waals surface area (Å²) in [4.78, 5) is 23.9. The summed E-state index contributed by atoms with van der Waals surface area (Å²) in [5.41, 5.74) is 2.05. The Morgan fingerprint density at radius 3 is 2.72 bits per heavy atom. The Balaban J connectivity index is 2.15. The number of fused-ring (bicyclic) bond motifs is 6. The van der Waals surface area contributed by atoms with Crippen molar-refractivity contribution in [3.63, 3.8) is 0 Å². The van der Waals surface area contributed by atoms with Gasteiger partial charge >= 0.3 is 11.6 Å². The van der Waals surface area contributed by atoms with Crippen molar-refractivity contribution in [2.24, 2.45) is 0 Å². The monoisotopic (exact) mass is 340 g/mol. The molecule has 2 aliphatic heterocycles. The van der Waals surface area contributed by atoms with Crippen LogP contribution in [0, 0.1) is 0 Å². The number of aryl methyl sites for hydroxylation is 2. The minimum atomic E-state index is -0.494. The molecule has 0 bridgehead atoms. The van der Waals surface area contributed by atoms with Gasteiger partial charge < -0.3 is 13.9 Å². The minimum Gasteiger partial charge on any atom is -0.482 e. The molecule has 5 nitrogen and oxygen atoms in total. The molecule has 0 saturated carbocycles. The van der Waals surface area contributed by atoms with Crippen molar-refractivity contribution in [1.29, 1.82) is 0 Å². The van der Waals surface area contributed by atoms with Crippen LogP contribution in [0.25, 0.3) is 17.0 Å². The average Bonchev–Trinajstić information content (AvgIpc) is 2.53. The molecule has 1 aromatic heterocycles. The Kier molecular flexibility index (Phi) is 3.49. The molecule has 5 heteroatoms. The molecule has 3 heterocycles. The van der Waals surface area contributed by atoms with Gasteiger partial charge in [0.15, 0.2) is 0 Å². The van der Waals surface area contributed by atoms with E-state index in [0.29, 0.717) is 23.5 Å². The highest BCUT2D eigenvalue weighted by molar-refractivity contribution is 5.98. The van der Waals surface area contributed by atoms with Crippen molar-refractivity contribution < 1.29 is 18.7 Å². The third-order valence-corrected chi connectivity index (χ3v) is 4.64. The number of hydrogen-bond acceptors (Lipinski definition) is 5. The molecule has 0 saturated heterocycles. The van der Waals surface area contributed by atoms with Gasteiger partial charge in [-0.15, -0.1) is 0 Å². The van der Waals surface area contributed by atoms with Crippen LogP contribution in [0.15, 0.2) is 21.4 Å². The Morgan fingerprint density at radius 2 is 1.96 bits per heavy atom.